The minimum absolute atomic E-state index is 0.00361. The zero-order chi connectivity index (χ0) is 12.4. The molecule has 1 aromatic heterocycles. The number of hydrogen-bond acceptors (Lipinski definition) is 3. The highest BCUT2D eigenvalue weighted by atomic mass is 16.4. The van der Waals surface area contributed by atoms with E-state index in [1.165, 1.54) is 7.05 Å². The number of hydrogen-bond donors (Lipinski definition) is 3. The molecule has 0 aliphatic rings. The normalized spacial score (nSPS) is 10.2. The van der Waals surface area contributed by atoms with E-state index in [4.69, 9.17) is 5.11 Å². The molecule has 0 saturated carbocycles. The molecule has 17 heavy (non-hydrogen) atoms. The van der Waals surface area contributed by atoms with Crippen molar-refractivity contribution < 1.29 is 14.7 Å². The van der Waals surface area contributed by atoms with Crippen LogP contribution in [-0.4, -0.2) is 33.8 Å². The van der Waals surface area contributed by atoms with Gasteiger partial charge in [0, 0.05) is 7.05 Å². The number of benzene rings is 1. The van der Waals surface area contributed by atoms with Crippen molar-refractivity contribution in [3.05, 3.63) is 30.1 Å². The second-order valence-corrected chi connectivity index (χ2v) is 3.26. The number of fused-ring (bicyclic) bond motifs is 1. The first-order valence-electron chi connectivity index (χ1n) is 4.83. The topological polar surface area (TPSA) is 96.3 Å². The van der Waals surface area contributed by atoms with Crippen LogP contribution in [0.3, 0.4) is 0 Å². The average molecular weight is 234 g/mol. The lowest BCUT2D eigenvalue weighted by Crippen LogP contribution is -2.29. The van der Waals surface area contributed by atoms with Crippen molar-refractivity contribution in [1.29, 1.82) is 0 Å². The van der Waals surface area contributed by atoms with Crippen LogP contribution < -0.4 is 10.7 Å². The van der Waals surface area contributed by atoms with Crippen molar-refractivity contribution >= 4 is 23.0 Å². The zero-order valence-electron chi connectivity index (χ0n) is 8.97. The number of para-hydroxylation sites is 2. The summed E-state index contributed by atoms with van der Waals surface area (Å²) in [5.74, 6) is -0.467. The second-order valence-electron chi connectivity index (χ2n) is 3.26. The predicted molar refractivity (Wildman–Crippen MR) is 60.5 cm³/mol. The van der Waals surface area contributed by atoms with Gasteiger partial charge in [0.25, 0.3) is 5.91 Å². The number of nitrogens with one attached hydrogen (secondary N) is 2. The van der Waals surface area contributed by atoms with Gasteiger partial charge in [-0.25, -0.2) is 19.9 Å². The minimum atomic E-state index is -1.27. The molecule has 7 nitrogen and oxygen atoms in total. The van der Waals surface area contributed by atoms with Crippen molar-refractivity contribution in [2.45, 2.75) is 0 Å². The Hall–Kier alpha value is -2.57. The third-order valence-corrected chi connectivity index (χ3v) is 2.20. The fraction of sp³-hybridized carbons (Fsp3) is 0.100. The lowest BCUT2D eigenvalue weighted by Gasteiger charge is -2.06. The molecule has 0 fully saturated rings. The molecular formula is C10H10N4O3. The van der Waals surface area contributed by atoms with E-state index in [2.05, 4.69) is 15.7 Å². The van der Waals surface area contributed by atoms with Gasteiger partial charge in [-0.05, 0) is 12.1 Å². The van der Waals surface area contributed by atoms with Crippen molar-refractivity contribution in [3.8, 4) is 0 Å². The quantitative estimate of drug-likeness (QED) is 0.709. The third kappa shape index (κ3) is 1.89. The van der Waals surface area contributed by atoms with E-state index in [1.807, 2.05) is 0 Å². The highest BCUT2D eigenvalue weighted by molar-refractivity contribution is 5.96. The van der Waals surface area contributed by atoms with Crippen LogP contribution in [0.1, 0.15) is 10.6 Å². The molecule has 0 radical (unpaired) electrons. The smallest absolute Gasteiger partial charge is 0.424 e. The van der Waals surface area contributed by atoms with Crippen LogP contribution in [0.4, 0.5) is 4.79 Å². The number of carbonyl (C=O) groups excluding carboxylic acids is 1. The van der Waals surface area contributed by atoms with Gasteiger partial charge < -0.3 is 10.4 Å². The molecular weight excluding hydrogens is 224 g/mol. The Labute approximate surface area is 96.0 Å². The van der Waals surface area contributed by atoms with E-state index in [1.54, 1.807) is 24.3 Å². The third-order valence-electron chi connectivity index (χ3n) is 2.20. The van der Waals surface area contributed by atoms with Gasteiger partial charge in [0.2, 0.25) is 5.82 Å². The number of imidazole rings is 1. The molecule has 0 spiro atoms. The fourth-order valence-electron chi connectivity index (χ4n) is 1.50. The van der Waals surface area contributed by atoms with E-state index in [0.29, 0.717) is 11.0 Å². The van der Waals surface area contributed by atoms with Gasteiger partial charge in [-0.3, -0.25) is 4.79 Å². The molecule has 0 saturated heterocycles. The Morgan fingerprint density at radius 2 is 2.06 bits per heavy atom. The maximum absolute atomic E-state index is 11.6. The predicted octanol–water partition coefficient (Wildman–Crippen LogP) is 0.617. The van der Waals surface area contributed by atoms with Gasteiger partial charge >= 0.3 is 6.09 Å². The molecule has 88 valence electrons. The maximum Gasteiger partial charge on any atom is 0.424 e. The van der Waals surface area contributed by atoms with Crippen molar-refractivity contribution in [2.75, 3.05) is 12.5 Å². The van der Waals surface area contributed by atoms with E-state index in [0.717, 1.165) is 4.68 Å². The fourth-order valence-corrected chi connectivity index (χ4v) is 1.50. The molecule has 0 unspecified atom stereocenters. The van der Waals surface area contributed by atoms with Gasteiger partial charge in [0.05, 0.1) is 11.0 Å². The summed E-state index contributed by atoms with van der Waals surface area (Å²) in [4.78, 5) is 26.3. The van der Waals surface area contributed by atoms with Crippen LogP contribution in [0.2, 0.25) is 0 Å². The molecule has 1 heterocycles. The minimum Gasteiger partial charge on any atom is -0.464 e. The molecule has 0 aliphatic carbocycles. The van der Waals surface area contributed by atoms with E-state index >= 15 is 0 Å². The molecule has 2 amide bonds. The summed E-state index contributed by atoms with van der Waals surface area (Å²) in [5, 5.41) is 11.1. The molecule has 2 rings (SSSR count). The van der Waals surface area contributed by atoms with E-state index in [-0.39, 0.29) is 5.82 Å². The summed E-state index contributed by atoms with van der Waals surface area (Å²) >= 11 is 0. The zero-order valence-corrected chi connectivity index (χ0v) is 8.97. The first-order valence-corrected chi connectivity index (χ1v) is 4.83. The van der Waals surface area contributed by atoms with Crippen LogP contribution in [0.5, 0.6) is 0 Å². The van der Waals surface area contributed by atoms with Crippen LogP contribution in [0.25, 0.3) is 11.0 Å². The molecule has 0 aliphatic heterocycles. The van der Waals surface area contributed by atoms with Gasteiger partial charge in [0.15, 0.2) is 0 Å². The highest BCUT2D eigenvalue weighted by Crippen LogP contribution is 2.14. The number of rotatable bonds is 2. The lowest BCUT2D eigenvalue weighted by molar-refractivity contribution is 0.0950. The van der Waals surface area contributed by atoms with Gasteiger partial charge in [-0.2, -0.15) is 0 Å². The maximum atomic E-state index is 11.6. The molecule has 2 aromatic rings. The molecule has 0 atom stereocenters. The Balaban J connectivity index is 2.64. The molecule has 0 bridgehead atoms. The highest BCUT2D eigenvalue weighted by Gasteiger charge is 2.17. The van der Waals surface area contributed by atoms with Crippen molar-refractivity contribution in [2.24, 2.45) is 0 Å². The first kappa shape index (κ1) is 10.9. The summed E-state index contributed by atoms with van der Waals surface area (Å²) in [6.45, 7) is 0. The second kappa shape index (κ2) is 4.12. The van der Waals surface area contributed by atoms with Crippen LogP contribution in [0, 0.1) is 0 Å². The SMILES string of the molecule is CNC(=O)c1nc2ccccc2n1NC(=O)O. The Bertz CT molecular complexity index is 590. The Kier molecular flexibility index (Phi) is 2.65. The molecule has 3 N–H and O–H groups in total. The average Bonchev–Trinajstić information content (AvgIpc) is 2.67. The van der Waals surface area contributed by atoms with E-state index < -0.39 is 12.0 Å². The Morgan fingerprint density at radius 1 is 1.35 bits per heavy atom. The standard InChI is InChI=1S/C10H10N4O3/c1-11-9(15)8-12-6-4-2-3-5-7(6)14(8)13-10(16)17/h2-5,13H,1H3,(H,11,15)(H,16,17). The van der Waals surface area contributed by atoms with Crippen LogP contribution >= 0.6 is 0 Å². The summed E-state index contributed by atoms with van der Waals surface area (Å²) < 4.78 is 1.14. The number of aromatic nitrogens is 2. The molecule has 7 heteroatoms. The summed E-state index contributed by atoms with van der Waals surface area (Å²) in [5.41, 5.74) is 3.18. The first-order chi connectivity index (χ1) is 8.13. The monoisotopic (exact) mass is 234 g/mol. The summed E-state index contributed by atoms with van der Waals surface area (Å²) in [6.07, 6.45) is -1.27. The largest absolute Gasteiger partial charge is 0.464 e. The van der Waals surface area contributed by atoms with Crippen LogP contribution in [0.15, 0.2) is 24.3 Å². The Morgan fingerprint density at radius 3 is 2.71 bits per heavy atom. The number of carbonyl (C=O) groups is 2. The molecule has 1 aromatic carbocycles. The summed E-state index contributed by atoms with van der Waals surface area (Å²) in [7, 11) is 1.45. The van der Waals surface area contributed by atoms with E-state index in [9.17, 15) is 9.59 Å². The summed E-state index contributed by atoms with van der Waals surface area (Å²) in [6, 6.07) is 6.86. The van der Waals surface area contributed by atoms with Gasteiger partial charge in [-0.1, -0.05) is 12.1 Å². The van der Waals surface area contributed by atoms with Gasteiger partial charge in [0.1, 0.15) is 0 Å². The van der Waals surface area contributed by atoms with Crippen molar-refractivity contribution in [3.63, 3.8) is 0 Å². The lowest BCUT2D eigenvalue weighted by atomic mass is 10.3. The number of nitrogens with zero attached hydrogens (tertiary/aromatic N) is 2. The van der Waals surface area contributed by atoms with Crippen molar-refractivity contribution in [1.82, 2.24) is 15.0 Å². The number of amides is 2. The van der Waals surface area contributed by atoms with Gasteiger partial charge in [-0.15, -0.1) is 0 Å². The van der Waals surface area contributed by atoms with Crippen LogP contribution in [-0.2, 0) is 0 Å². The number of carboxylic acid groups (broad SMARTS) is 1.